The molecule has 0 aliphatic heterocycles. The van der Waals surface area contributed by atoms with E-state index < -0.39 is 118 Å². The summed E-state index contributed by atoms with van der Waals surface area (Å²) in [6.45, 7) is -3.89. The molecule has 2 rings (SSSR count). The van der Waals surface area contributed by atoms with Gasteiger partial charge in [0.15, 0.2) is 11.6 Å². The highest BCUT2D eigenvalue weighted by atomic mass is 16.6. The quantitative estimate of drug-likeness (QED) is 0.0352. The maximum Gasteiger partial charge on any atom is 0.374 e. The highest BCUT2D eigenvalue weighted by molar-refractivity contribution is 5.54. The molecule has 12 N–H and O–H groups in total. The number of nitro groups is 2. The minimum Gasteiger partial charge on any atom is -0.394 e. The van der Waals surface area contributed by atoms with Gasteiger partial charge in [-0.05, 0) is 19.3 Å². The Hall–Kier alpha value is -4.56. The molecule has 0 radical (unpaired) electrons. The zero-order chi connectivity index (χ0) is 35.6. The largest absolute Gasteiger partial charge is 0.394 e. The number of unbranched alkanes of at least 4 members (excludes halogenated alkanes) is 2. The summed E-state index contributed by atoms with van der Waals surface area (Å²) in [5, 5.41) is 103. The highest BCUT2D eigenvalue weighted by Crippen LogP contribution is 2.17. The van der Waals surface area contributed by atoms with E-state index in [1.54, 1.807) is 0 Å². The Kier molecular flexibility index (Phi) is 14.3. The van der Waals surface area contributed by atoms with Crippen LogP contribution in [0, 0.1) is 20.2 Å². The van der Waals surface area contributed by atoms with Crippen molar-refractivity contribution in [3.05, 3.63) is 61.9 Å². The molecule has 0 aliphatic carbocycles. The molecule has 2 aromatic heterocycles. The number of nitrogens with zero attached hydrogens (tertiary/aromatic N) is 4. The van der Waals surface area contributed by atoms with Crippen molar-refractivity contribution in [2.24, 2.45) is 0 Å². The molecular formula is C23H36N8O16. The molecule has 0 amide bonds. The number of aromatic nitrogens is 4. The third kappa shape index (κ3) is 9.72. The van der Waals surface area contributed by atoms with Crippen molar-refractivity contribution in [3.8, 4) is 0 Å². The fourth-order valence-electron chi connectivity index (χ4n) is 4.22. The first-order valence-electron chi connectivity index (χ1n) is 13.9. The first-order chi connectivity index (χ1) is 22.1. The molecule has 0 spiro atoms. The molecule has 47 heavy (non-hydrogen) atoms. The van der Waals surface area contributed by atoms with Gasteiger partial charge in [-0.15, -0.1) is 0 Å². The van der Waals surface area contributed by atoms with Gasteiger partial charge in [-0.2, -0.15) is 0 Å². The lowest BCUT2D eigenvalue weighted by Gasteiger charge is -2.22. The van der Waals surface area contributed by atoms with Crippen LogP contribution in [-0.4, -0.2) is 133 Å². The molecule has 0 unspecified atom stereocenters. The van der Waals surface area contributed by atoms with Gasteiger partial charge in [-0.1, -0.05) is 0 Å². The number of H-pyrrole nitrogens is 2. The number of anilines is 2. The van der Waals surface area contributed by atoms with Crippen molar-refractivity contribution in [2.75, 3.05) is 36.9 Å². The second kappa shape index (κ2) is 17.4. The van der Waals surface area contributed by atoms with Crippen molar-refractivity contribution in [2.45, 2.75) is 69.0 Å². The molecule has 0 saturated carbocycles. The van der Waals surface area contributed by atoms with Gasteiger partial charge in [0.2, 0.25) is 0 Å². The van der Waals surface area contributed by atoms with Crippen molar-refractivity contribution in [3.63, 3.8) is 0 Å². The fraction of sp³-hybridized carbons (Fsp3) is 0.652. The summed E-state index contributed by atoms with van der Waals surface area (Å²) < 4.78 is 0.999. The van der Waals surface area contributed by atoms with Crippen LogP contribution >= 0.6 is 0 Å². The Labute approximate surface area is 261 Å². The Morgan fingerprint density at radius 3 is 1.26 bits per heavy atom. The van der Waals surface area contributed by atoms with Crippen LogP contribution in [0.1, 0.15) is 19.3 Å². The van der Waals surface area contributed by atoms with E-state index >= 15 is 0 Å². The summed E-state index contributed by atoms with van der Waals surface area (Å²) in [6, 6.07) is 0. The number of rotatable bonds is 20. The van der Waals surface area contributed by atoms with E-state index in [2.05, 4.69) is 20.6 Å². The maximum absolute atomic E-state index is 12.7. The zero-order valence-corrected chi connectivity index (χ0v) is 24.5. The molecule has 0 saturated heterocycles. The van der Waals surface area contributed by atoms with Crippen molar-refractivity contribution < 1.29 is 50.7 Å². The van der Waals surface area contributed by atoms with Crippen molar-refractivity contribution >= 4 is 23.0 Å². The minimum absolute atomic E-state index is 0.00512. The van der Waals surface area contributed by atoms with E-state index in [4.69, 9.17) is 10.2 Å². The molecule has 0 aromatic carbocycles. The van der Waals surface area contributed by atoms with Gasteiger partial charge in [0.1, 0.15) is 24.4 Å². The normalized spacial score (nSPS) is 15.3. The lowest BCUT2D eigenvalue weighted by atomic mass is 10.1. The molecule has 264 valence electrons. The summed E-state index contributed by atoms with van der Waals surface area (Å²) >= 11 is 0. The van der Waals surface area contributed by atoms with Gasteiger partial charge >= 0.3 is 33.9 Å². The lowest BCUT2D eigenvalue weighted by molar-refractivity contribution is -0.386. The van der Waals surface area contributed by atoms with E-state index in [-0.39, 0.29) is 32.4 Å². The summed E-state index contributed by atoms with van der Waals surface area (Å²) in [5.74, 6) is -1.39. The number of nitrogens with one attached hydrogen (secondary N) is 4. The van der Waals surface area contributed by atoms with Gasteiger partial charge in [-0.25, -0.2) is 9.59 Å². The Morgan fingerprint density at radius 2 is 0.957 bits per heavy atom. The average Bonchev–Trinajstić information content (AvgIpc) is 3.02. The van der Waals surface area contributed by atoms with Crippen molar-refractivity contribution in [1.82, 2.24) is 19.1 Å². The summed E-state index contributed by atoms with van der Waals surface area (Å²) in [4.78, 5) is 75.6. The highest BCUT2D eigenvalue weighted by Gasteiger charge is 2.29. The number of aliphatic hydroxyl groups excluding tert-OH is 8. The topological polar surface area (TPSA) is 382 Å². The van der Waals surface area contributed by atoms with Crippen LogP contribution in [0.25, 0.3) is 0 Å². The summed E-state index contributed by atoms with van der Waals surface area (Å²) in [5.41, 5.74) is -7.07. The maximum atomic E-state index is 12.7. The molecule has 6 atom stereocenters. The van der Waals surface area contributed by atoms with Gasteiger partial charge < -0.3 is 51.5 Å². The molecule has 0 fully saturated rings. The Bertz CT molecular complexity index is 1500. The van der Waals surface area contributed by atoms with E-state index in [1.165, 1.54) is 0 Å². The van der Waals surface area contributed by atoms with Crippen LogP contribution in [0.5, 0.6) is 0 Å². The molecule has 0 bridgehead atoms. The second-order valence-corrected chi connectivity index (χ2v) is 10.2. The Balaban J connectivity index is 2.12. The molecule has 2 heterocycles. The lowest BCUT2D eigenvalue weighted by Crippen LogP contribution is -2.43. The van der Waals surface area contributed by atoms with E-state index in [1.807, 2.05) is 0 Å². The first kappa shape index (κ1) is 38.6. The molecule has 24 nitrogen and oxygen atoms in total. The van der Waals surface area contributed by atoms with Crippen molar-refractivity contribution in [1.29, 1.82) is 0 Å². The van der Waals surface area contributed by atoms with Crippen LogP contribution in [0.15, 0.2) is 19.2 Å². The van der Waals surface area contributed by atoms with E-state index in [0.29, 0.717) is 9.13 Å². The number of aromatic amines is 2. The monoisotopic (exact) mass is 680 g/mol. The van der Waals surface area contributed by atoms with Gasteiger partial charge in [0.05, 0.1) is 35.3 Å². The molecule has 2 aromatic rings. The predicted octanol–water partition coefficient (Wildman–Crippen LogP) is -5.95. The van der Waals surface area contributed by atoms with Crippen LogP contribution in [0.2, 0.25) is 0 Å². The SMILES string of the molecule is O=c1[nH]c(NC[C@H](O)[C@H](O)[C@H](O)CO)c([N+](=O)[O-])c(=O)n1CCCCCn1c(=O)[nH]c(NC[C@H](O)[C@H](O)[C@H](O)CO)c([N+](=O)[O-])c1=O. The number of hydrogen-bond acceptors (Lipinski definition) is 18. The Morgan fingerprint density at radius 1 is 0.617 bits per heavy atom. The minimum atomic E-state index is -1.86. The molecular weight excluding hydrogens is 644 g/mol. The van der Waals surface area contributed by atoms with Crippen LogP contribution in [0.3, 0.4) is 0 Å². The average molecular weight is 681 g/mol. The summed E-state index contributed by atoms with van der Waals surface area (Å²) in [6.07, 6.45) is -10.6. The predicted molar refractivity (Wildman–Crippen MR) is 157 cm³/mol. The van der Waals surface area contributed by atoms with E-state index in [0.717, 1.165) is 0 Å². The third-order valence-corrected chi connectivity index (χ3v) is 6.88. The van der Waals surface area contributed by atoms with Gasteiger partial charge in [0.25, 0.3) is 0 Å². The second-order valence-electron chi connectivity index (χ2n) is 10.2. The number of aliphatic hydroxyl groups is 8. The van der Waals surface area contributed by atoms with Crippen LogP contribution < -0.4 is 33.1 Å². The summed E-state index contributed by atoms with van der Waals surface area (Å²) in [7, 11) is 0. The van der Waals surface area contributed by atoms with Crippen LogP contribution in [0.4, 0.5) is 23.0 Å². The third-order valence-electron chi connectivity index (χ3n) is 6.88. The van der Waals surface area contributed by atoms with Gasteiger partial charge in [-0.3, -0.25) is 48.9 Å². The zero-order valence-electron chi connectivity index (χ0n) is 24.5. The van der Waals surface area contributed by atoms with E-state index in [9.17, 15) is 70.0 Å². The smallest absolute Gasteiger partial charge is 0.374 e. The fourth-order valence-corrected chi connectivity index (χ4v) is 4.22. The first-order valence-corrected chi connectivity index (χ1v) is 13.9. The van der Waals surface area contributed by atoms with Gasteiger partial charge in [0, 0.05) is 26.2 Å². The standard InChI is InChI=1S/C23H36N8O16/c32-8-12(36)16(38)10(34)6-24-18-14(30(44)45)20(40)28(22(42)26-18)4-2-1-3-5-29-21(41)15(31(46)47)19(27-23(29)43)25-7-11(35)17(39)13(37)9-33/h10-13,16-17,24-25,32-39H,1-9H2,(H,26,42)(H,27,43)/t10-,11-,12+,13+,16-,17-/m0/s1. The molecule has 24 heteroatoms. The number of hydrogen-bond donors (Lipinski definition) is 12. The van der Waals surface area contributed by atoms with Crippen LogP contribution in [-0.2, 0) is 13.1 Å². The molecule has 0 aliphatic rings.